The number of halogens is 1. The second-order valence-electron chi connectivity index (χ2n) is 3.46. The van der Waals surface area contributed by atoms with Gasteiger partial charge in [0.15, 0.2) is 0 Å². The summed E-state index contributed by atoms with van der Waals surface area (Å²) in [6.07, 6.45) is 3.35. The Labute approximate surface area is 102 Å². The summed E-state index contributed by atoms with van der Waals surface area (Å²) in [5.41, 5.74) is 0. The van der Waals surface area contributed by atoms with Gasteiger partial charge in [-0.25, -0.2) is 4.98 Å². The van der Waals surface area contributed by atoms with E-state index < -0.39 is 0 Å². The van der Waals surface area contributed by atoms with E-state index in [2.05, 4.69) is 20.5 Å². The SMILES string of the molecule is CC(NCc1ncc(Cl)s1)c1nncn1C. The lowest BCUT2D eigenvalue weighted by Crippen LogP contribution is -2.20. The molecule has 0 saturated carbocycles. The summed E-state index contributed by atoms with van der Waals surface area (Å²) < 4.78 is 2.61. The maximum Gasteiger partial charge on any atom is 0.149 e. The minimum atomic E-state index is 0.134. The molecule has 1 atom stereocenters. The van der Waals surface area contributed by atoms with Crippen LogP contribution in [0.2, 0.25) is 4.34 Å². The van der Waals surface area contributed by atoms with Gasteiger partial charge in [-0.15, -0.1) is 21.5 Å². The molecule has 0 saturated heterocycles. The molecule has 1 N–H and O–H groups in total. The van der Waals surface area contributed by atoms with Gasteiger partial charge in [-0.3, -0.25) is 0 Å². The number of thiazole rings is 1. The first-order valence-electron chi connectivity index (χ1n) is 4.84. The fraction of sp³-hybridized carbons (Fsp3) is 0.444. The van der Waals surface area contributed by atoms with E-state index in [0.29, 0.717) is 10.9 Å². The highest BCUT2D eigenvalue weighted by Gasteiger charge is 2.11. The minimum absolute atomic E-state index is 0.134. The summed E-state index contributed by atoms with van der Waals surface area (Å²) in [6.45, 7) is 2.73. The van der Waals surface area contributed by atoms with Crippen LogP contribution in [0.15, 0.2) is 12.5 Å². The standard InChI is InChI=1S/C9H12ClN5S/c1-6(9-14-13-5-15(9)2)11-4-8-12-3-7(10)16-8/h3,5-6,11H,4H2,1-2H3. The largest absolute Gasteiger partial charge is 0.319 e. The van der Waals surface area contributed by atoms with Gasteiger partial charge in [-0.2, -0.15) is 0 Å². The third-order valence-electron chi connectivity index (χ3n) is 2.22. The van der Waals surface area contributed by atoms with Crippen LogP contribution in [0, 0.1) is 0 Å². The molecule has 0 aliphatic rings. The molecule has 0 aromatic carbocycles. The number of aromatic nitrogens is 4. The molecule has 0 aliphatic heterocycles. The first-order valence-corrected chi connectivity index (χ1v) is 6.03. The molecular formula is C9H12ClN5S. The Morgan fingerprint density at radius 2 is 2.44 bits per heavy atom. The molecule has 5 nitrogen and oxygen atoms in total. The minimum Gasteiger partial charge on any atom is -0.319 e. The second kappa shape index (κ2) is 4.90. The molecule has 86 valence electrons. The van der Waals surface area contributed by atoms with E-state index in [1.165, 1.54) is 11.3 Å². The lowest BCUT2D eigenvalue weighted by molar-refractivity contribution is 0.527. The van der Waals surface area contributed by atoms with Crippen molar-refractivity contribution in [3.05, 3.63) is 27.7 Å². The first-order chi connectivity index (χ1) is 7.66. The van der Waals surface area contributed by atoms with Crippen LogP contribution in [0.3, 0.4) is 0 Å². The van der Waals surface area contributed by atoms with Crippen molar-refractivity contribution in [1.29, 1.82) is 0 Å². The van der Waals surface area contributed by atoms with Crippen molar-refractivity contribution in [2.75, 3.05) is 0 Å². The molecule has 2 heterocycles. The zero-order valence-corrected chi connectivity index (χ0v) is 10.6. The van der Waals surface area contributed by atoms with Crippen molar-refractivity contribution in [1.82, 2.24) is 25.1 Å². The highest BCUT2D eigenvalue weighted by Crippen LogP contribution is 2.18. The van der Waals surface area contributed by atoms with Crippen LogP contribution in [-0.2, 0) is 13.6 Å². The van der Waals surface area contributed by atoms with Gasteiger partial charge in [0.1, 0.15) is 21.5 Å². The molecule has 2 aromatic rings. The summed E-state index contributed by atoms with van der Waals surface area (Å²) >= 11 is 7.28. The van der Waals surface area contributed by atoms with Crippen molar-refractivity contribution in [2.24, 2.45) is 7.05 Å². The molecule has 7 heteroatoms. The highest BCUT2D eigenvalue weighted by molar-refractivity contribution is 7.15. The van der Waals surface area contributed by atoms with E-state index in [-0.39, 0.29) is 6.04 Å². The Hall–Kier alpha value is -0.980. The summed E-state index contributed by atoms with van der Waals surface area (Å²) in [4.78, 5) is 4.17. The molecule has 2 aromatic heterocycles. The van der Waals surface area contributed by atoms with Crippen molar-refractivity contribution in [3.8, 4) is 0 Å². The molecule has 16 heavy (non-hydrogen) atoms. The van der Waals surface area contributed by atoms with Gasteiger partial charge in [-0.05, 0) is 6.92 Å². The highest BCUT2D eigenvalue weighted by atomic mass is 35.5. The smallest absolute Gasteiger partial charge is 0.149 e. The third-order valence-corrected chi connectivity index (χ3v) is 3.33. The van der Waals surface area contributed by atoms with Crippen LogP contribution in [0.25, 0.3) is 0 Å². The van der Waals surface area contributed by atoms with E-state index in [9.17, 15) is 0 Å². The predicted molar refractivity (Wildman–Crippen MR) is 63.4 cm³/mol. The van der Waals surface area contributed by atoms with Crippen LogP contribution in [-0.4, -0.2) is 19.7 Å². The lowest BCUT2D eigenvalue weighted by atomic mass is 10.3. The van der Waals surface area contributed by atoms with E-state index in [1.54, 1.807) is 12.5 Å². The molecule has 0 radical (unpaired) electrons. The third kappa shape index (κ3) is 2.58. The number of nitrogens with one attached hydrogen (secondary N) is 1. The average molecular weight is 258 g/mol. The maximum atomic E-state index is 5.80. The average Bonchev–Trinajstić information content (AvgIpc) is 2.84. The molecule has 0 aliphatic carbocycles. The Morgan fingerprint density at radius 1 is 1.62 bits per heavy atom. The fourth-order valence-electron chi connectivity index (χ4n) is 1.39. The fourth-order valence-corrected chi connectivity index (χ4v) is 2.29. The number of rotatable bonds is 4. The van der Waals surface area contributed by atoms with Crippen molar-refractivity contribution >= 4 is 22.9 Å². The molecule has 1 unspecified atom stereocenters. The zero-order valence-electron chi connectivity index (χ0n) is 9.01. The Bertz CT molecular complexity index is 466. The Morgan fingerprint density at radius 3 is 3.00 bits per heavy atom. The van der Waals surface area contributed by atoms with Crippen molar-refractivity contribution < 1.29 is 0 Å². The predicted octanol–water partition coefficient (Wildman–Crippen LogP) is 1.78. The zero-order chi connectivity index (χ0) is 11.5. The normalized spacial score (nSPS) is 12.9. The van der Waals surface area contributed by atoms with Crippen LogP contribution in [0.5, 0.6) is 0 Å². The monoisotopic (exact) mass is 257 g/mol. The molecule has 0 bridgehead atoms. The summed E-state index contributed by atoms with van der Waals surface area (Å²) in [6, 6.07) is 0.134. The summed E-state index contributed by atoms with van der Waals surface area (Å²) in [5, 5.41) is 12.2. The molecule has 0 fully saturated rings. The van der Waals surface area contributed by atoms with Gasteiger partial charge in [-0.1, -0.05) is 11.6 Å². The quantitative estimate of drug-likeness (QED) is 0.907. The maximum absolute atomic E-state index is 5.80. The second-order valence-corrected chi connectivity index (χ2v) is 5.21. The molecule has 0 amide bonds. The Balaban J connectivity index is 1.93. The number of aryl methyl sites for hydroxylation is 1. The van der Waals surface area contributed by atoms with Gasteiger partial charge in [0.25, 0.3) is 0 Å². The van der Waals surface area contributed by atoms with E-state index >= 15 is 0 Å². The number of hydrogen-bond donors (Lipinski definition) is 1. The Kier molecular flexibility index (Phi) is 3.52. The van der Waals surface area contributed by atoms with Gasteiger partial charge < -0.3 is 9.88 Å². The van der Waals surface area contributed by atoms with E-state index in [0.717, 1.165) is 10.8 Å². The number of nitrogens with zero attached hydrogens (tertiary/aromatic N) is 4. The van der Waals surface area contributed by atoms with Crippen molar-refractivity contribution in [2.45, 2.75) is 19.5 Å². The van der Waals surface area contributed by atoms with Gasteiger partial charge in [0.05, 0.1) is 12.2 Å². The molecular weight excluding hydrogens is 246 g/mol. The van der Waals surface area contributed by atoms with Gasteiger partial charge in [0.2, 0.25) is 0 Å². The van der Waals surface area contributed by atoms with Crippen LogP contribution in [0.1, 0.15) is 23.8 Å². The lowest BCUT2D eigenvalue weighted by Gasteiger charge is -2.11. The molecule has 0 spiro atoms. The van der Waals surface area contributed by atoms with Crippen LogP contribution in [0.4, 0.5) is 0 Å². The van der Waals surface area contributed by atoms with Crippen molar-refractivity contribution in [3.63, 3.8) is 0 Å². The van der Waals surface area contributed by atoms with Gasteiger partial charge >= 0.3 is 0 Å². The van der Waals surface area contributed by atoms with Crippen LogP contribution < -0.4 is 5.32 Å². The van der Waals surface area contributed by atoms with Gasteiger partial charge in [0, 0.05) is 13.6 Å². The first kappa shape index (κ1) is 11.5. The van der Waals surface area contributed by atoms with E-state index in [4.69, 9.17) is 11.6 Å². The number of hydrogen-bond acceptors (Lipinski definition) is 5. The molecule has 2 rings (SSSR count). The van der Waals surface area contributed by atoms with E-state index in [1.807, 2.05) is 18.5 Å². The summed E-state index contributed by atoms with van der Waals surface area (Å²) in [5.74, 6) is 0.905. The van der Waals surface area contributed by atoms with Crippen LogP contribution >= 0.6 is 22.9 Å². The topological polar surface area (TPSA) is 55.6 Å². The summed E-state index contributed by atoms with van der Waals surface area (Å²) in [7, 11) is 1.92.